The van der Waals surface area contributed by atoms with Crippen molar-refractivity contribution in [2.45, 2.75) is 26.3 Å². The largest absolute Gasteiger partial charge is 0.305 e. The van der Waals surface area contributed by atoms with Crippen molar-refractivity contribution in [1.82, 2.24) is 14.9 Å². The van der Waals surface area contributed by atoms with Crippen molar-refractivity contribution < 1.29 is 0 Å². The molecule has 0 aromatic carbocycles. The lowest BCUT2D eigenvalue weighted by Crippen LogP contribution is -2.21. The molecule has 0 aliphatic rings. The van der Waals surface area contributed by atoms with Crippen LogP contribution in [0.2, 0.25) is 0 Å². The van der Waals surface area contributed by atoms with E-state index in [0.717, 1.165) is 13.0 Å². The molecule has 0 bridgehead atoms. The van der Waals surface area contributed by atoms with Crippen LogP contribution in [-0.4, -0.2) is 16.1 Å². The molecule has 1 N–H and O–H groups in total. The smallest absolute Gasteiger partial charge is 0.0797 e. The fraction of sp³-hybridized carbons (Fsp3) is 0.455. The molecule has 0 spiro atoms. The quantitative estimate of drug-likeness (QED) is 0.890. The van der Waals surface area contributed by atoms with Gasteiger partial charge in [-0.05, 0) is 43.6 Å². The van der Waals surface area contributed by atoms with E-state index in [-0.39, 0.29) is 6.04 Å². The molecular formula is C11H15N3S2. The number of aryl methyl sites for hydroxylation is 1. The maximum atomic E-state index is 3.94. The molecule has 2 aromatic rings. The average molecular weight is 253 g/mol. The second kappa shape index (κ2) is 5.52. The van der Waals surface area contributed by atoms with Gasteiger partial charge in [0.05, 0.1) is 17.1 Å². The normalized spacial score (nSPS) is 12.9. The molecule has 2 aromatic heterocycles. The maximum absolute atomic E-state index is 3.94. The summed E-state index contributed by atoms with van der Waals surface area (Å²) in [4.78, 5) is 3.88. The molecule has 2 heterocycles. The number of rotatable bonds is 5. The van der Waals surface area contributed by atoms with Gasteiger partial charge in [0.1, 0.15) is 0 Å². The number of nitrogens with zero attached hydrogens (tertiary/aromatic N) is 2. The Bertz CT molecular complexity index is 422. The molecule has 0 aliphatic carbocycles. The minimum atomic E-state index is 0.263. The van der Waals surface area contributed by atoms with Gasteiger partial charge in [-0.1, -0.05) is 11.4 Å². The summed E-state index contributed by atoms with van der Waals surface area (Å²) >= 11 is 3.30. The molecule has 5 heteroatoms. The van der Waals surface area contributed by atoms with Gasteiger partial charge < -0.3 is 5.32 Å². The van der Waals surface area contributed by atoms with E-state index in [1.165, 1.54) is 26.2 Å². The Morgan fingerprint density at radius 1 is 1.38 bits per heavy atom. The third-order valence-corrected chi connectivity index (χ3v) is 4.10. The molecule has 2 rings (SSSR count). The van der Waals surface area contributed by atoms with E-state index in [0.29, 0.717) is 0 Å². The highest BCUT2D eigenvalue weighted by Crippen LogP contribution is 2.29. The SMILES string of the molecule is CCCNC(c1cnns1)c1ccc(C)s1. The Kier molecular flexibility index (Phi) is 4.04. The van der Waals surface area contributed by atoms with E-state index in [1.807, 2.05) is 17.5 Å². The minimum Gasteiger partial charge on any atom is -0.305 e. The van der Waals surface area contributed by atoms with Crippen molar-refractivity contribution in [3.63, 3.8) is 0 Å². The molecule has 0 aliphatic heterocycles. The van der Waals surface area contributed by atoms with Gasteiger partial charge in [0.2, 0.25) is 0 Å². The van der Waals surface area contributed by atoms with Crippen molar-refractivity contribution >= 4 is 22.9 Å². The lowest BCUT2D eigenvalue weighted by molar-refractivity contribution is 0.612. The lowest BCUT2D eigenvalue weighted by Gasteiger charge is -2.14. The summed E-state index contributed by atoms with van der Waals surface area (Å²) in [6.07, 6.45) is 2.99. The van der Waals surface area contributed by atoms with Crippen LogP contribution in [0.15, 0.2) is 18.3 Å². The summed E-state index contributed by atoms with van der Waals surface area (Å²) in [6, 6.07) is 4.61. The van der Waals surface area contributed by atoms with Gasteiger partial charge in [-0.15, -0.1) is 16.4 Å². The van der Waals surface area contributed by atoms with Gasteiger partial charge in [0, 0.05) is 9.75 Å². The highest BCUT2D eigenvalue weighted by Gasteiger charge is 2.16. The molecule has 0 saturated carbocycles. The van der Waals surface area contributed by atoms with Crippen LogP contribution in [0, 0.1) is 6.92 Å². The predicted molar refractivity (Wildman–Crippen MR) is 69.1 cm³/mol. The zero-order valence-corrected chi connectivity index (χ0v) is 11.1. The standard InChI is InChI=1S/C11H15N3S2/c1-3-6-12-11(10-7-13-14-16-10)9-5-4-8(2)15-9/h4-5,7,11-12H,3,6H2,1-2H3. The van der Waals surface area contributed by atoms with Crippen LogP contribution >= 0.6 is 22.9 Å². The van der Waals surface area contributed by atoms with Gasteiger partial charge >= 0.3 is 0 Å². The Morgan fingerprint density at radius 2 is 2.25 bits per heavy atom. The van der Waals surface area contributed by atoms with E-state index in [4.69, 9.17) is 0 Å². The maximum Gasteiger partial charge on any atom is 0.0797 e. The van der Waals surface area contributed by atoms with Crippen molar-refractivity contribution in [1.29, 1.82) is 0 Å². The first-order chi connectivity index (χ1) is 7.81. The summed E-state index contributed by atoms with van der Waals surface area (Å²) in [5, 5.41) is 7.46. The summed E-state index contributed by atoms with van der Waals surface area (Å²) < 4.78 is 3.94. The molecule has 0 radical (unpaired) electrons. The van der Waals surface area contributed by atoms with Crippen molar-refractivity contribution in [3.05, 3.63) is 33.0 Å². The van der Waals surface area contributed by atoms with Gasteiger partial charge in [-0.25, -0.2) is 0 Å². The van der Waals surface area contributed by atoms with E-state index in [1.54, 1.807) is 0 Å². The zero-order chi connectivity index (χ0) is 11.4. The third kappa shape index (κ3) is 2.66. The number of thiophene rings is 1. The second-order valence-electron chi connectivity index (χ2n) is 3.66. The Labute approximate surface area is 104 Å². The molecule has 3 nitrogen and oxygen atoms in total. The topological polar surface area (TPSA) is 37.8 Å². The summed E-state index contributed by atoms with van der Waals surface area (Å²) in [5.41, 5.74) is 0. The van der Waals surface area contributed by atoms with E-state index < -0.39 is 0 Å². The predicted octanol–water partition coefficient (Wildman–Crippen LogP) is 3.00. The van der Waals surface area contributed by atoms with Crippen LogP contribution in [0.5, 0.6) is 0 Å². The molecule has 0 amide bonds. The molecular weight excluding hydrogens is 238 g/mol. The van der Waals surface area contributed by atoms with E-state index in [2.05, 4.69) is 40.9 Å². The summed E-state index contributed by atoms with van der Waals surface area (Å²) in [6.45, 7) is 5.32. The molecule has 0 saturated heterocycles. The highest BCUT2D eigenvalue weighted by molar-refractivity contribution is 7.12. The number of hydrogen-bond donors (Lipinski definition) is 1. The molecule has 0 fully saturated rings. The minimum absolute atomic E-state index is 0.263. The fourth-order valence-electron chi connectivity index (χ4n) is 1.54. The number of aromatic nitrogens is 2. The van der Waals surface area contributed by atoms with Gasteiger partial charge in [-0.2, -0.15) is 0 Å². The zero-order valence-electron chi connectivity index (χ0n) is 9.43. The molecule has 1 atom stereocenters. The van der Waals surface area contributed by atoms with Gasteiger partial charge in [0.15, 0.2) is 0 Å². The summed E-state index contributed by atoms with van der Waals surface area (Å²) in [7, 11) is 0. The number of nitrogens with one attached hydrogen (secondary N) is 1. The molecule has 86 valence electrons. The van der Waals surface area contributed by atoms with E-state index >= 15 is 0 Å². The average Bonchev–Trinajstić information content (AvgIpc) is 2.91. The summed E-state index contributed by atoms with van der Waals surface area (Å²) in [5.74, 6) is 0. The van der Waals surface area contributed by atoms with Crippen LogP contribution in [0.25, 0.3) is 0 Å². The van der Waals surface area contributed by atoms with Crippen LogP contribution in [0.4, 0.5) is 0 Å². The highest BCUT2D eigenvalue weighted by atomic mass is 32.1. The van der Waals surface area contributed by atoms with Crippen LogP contribution in [-0.2, 0) is 0 Å². The first kappa shape index (κ1) is 11.7. The Morgan fingerprint density at radius 3 is 2.81 bits per heavy atom. The van der Waals surface area contributed by atoms with E-state index in [9.17, 15) is 0 Å². The lowest BCUT2D eigenvalue weighted by atomic mass is 10.2. The van der Waals surface area contributed by atoms with Crippen molar-refractivity contribution in [3.8, 4) is 0 Å². The Balaban J connectivity index is 2.21. The van der Waals surface area contributed by atoms with Crippen LogP contribution in [0.1, 0.15) is 34.0 Å². The fourth-order valence-corrected chi connectivity index (χ4v) is 3.19. The molecule has 16 heavy (non-hydrogen) atoms. The van der Waals surface area contributed by atoms with Gasteiger partial charge in [-0.3, -0.25) is 0 Å². The first-order valence-corrected chi connectivity index (χ1v) is 6.97. The van der Waals surface area contributed by atoms with Crippen molar-refractivity contribution in [2.24, 2.45) is 0 Å². The Hall–Kier alpha value is -0.780. The third-order valence-electron chi connectivity index (χ3n) is 2.31. The van der Waals surface area contributed by atoms with Gasteiger partial charge in [0.25, 0.3) is 0 Å². The van der Waals surface area contributed by atoms with Crippen LogP contribution < -0.4 is 5.32 Å². The molecule has 1 unspecified atom stereocenters. The van der Waals surface area contributed by atoms with Crippen LogP contribution in [0.3, 0.4) is 0 Å². The second-order valence-corrected chi connectivity index (χ2v) is 5.79. The van der Waals surface area contributed by atoms with Crippen molar-refractivity contribution in [2.75, 3.05) is 6.54 Å². The first-order valence-electron chi connectivity index (χ1n) is 5.38. The monoisotopic (exact) mass is 253 g/mol. The number of hydrogen-bond acceptors (Lipinski definition) is 5.